The molecule has 0 aromatic rings. The first-order valence-electron chi connectivity index (χ1n) is 7.74. The quantitative estimate of drug-likeness (QED) is 0.777. The Morgan fingerprint density at radius 3 is 2.29 bits per heavy atom. The second-order valence-corrected chi connectivity index (χ2v) is 8.01. The van der Waals surface area contributed by atoms with E-state index in [9.17, 15) is 0 Å². The summed E-state index contributed by atoms with van der Waals surface area (Å²) < 4.78 is 0. The highest BCUT2D eigenvalue weighted by Crippen LogP contribution is 2.61. The number of rotatable bonds is 4. The Labute approximate surface area is 107 Å². The summed E-state index contributed by atoms with van der Waals surface area (Å²) in [5, 5.41) is 3.93. The third kappa shape index (κ3) is 2.54. The van der Waals surface area contributed by atoms with Crippen LogP contribution in [0, 0.1) is 22.7 Å². The van der Waals surface area contributed by atoms with Crippen LogP contribution >= 0.6 is 0 Å². The van der Waals surface area contributed by atoms with Crippen LogP contribution in [-0.2, 0) is 0 Å². The van der Waals surface area contributed by atoms with Gasteiger partial charge in [0.25, 0.3) is 0 Å². The van der Waals surface area contributed by atoms with E-state index in [1.807, 2.05) is 0 Å². The van der Waals surface area contributed by atoms with E-state index in [2.05, 4.69) is 26.1 Å². The van der Waals surface area contributed by atoms with E-state index in [0.29, 0.717) is 5.41 Å². The predicted octanol–water partition coefficient (Wildman–Crippen LogP) is 3.98. The van der Waals surface area contributed by atoms with Crippen molar-refractivity contribution in [3.63, 3.8) is 0 Å². The molecule has 3 rings (SSSR count). The van der Waals surface area contributed by atoms with Crippen LogP contribution in [0.5, 0.6) is 0 Å². The Kier molecular flexibility index (Phi) is 2.81. The fraction of sp³-hybridized carbons (Fsp3) is 1.00. The molecule has 0 amide bonds. The van der Waals surface area contributed by atoms with E-state index in [1.54, 1.807) is 0 Å². The second-order valence-electron chi connectivity index (χ2n) is 8.01. The van der Waals surface area contributed by atoms with Gasteiger partial charge in [-0.25, -0.2) is 0 Å². The van der Waals surface area contributed by atoms with Gasteiger partial charge in [-0.05, 0) is 67.6 Å². The molecule has 3 saturated carbocycles. The molecule has 1 heteroatoms. The molecule has 17 heavy (non-hydrogen) atoms. The van der Waals surface area contributed by atoms with Crippen molar-refractivity contribution < 1.29 is 0 Å². The normalized spacial score (nSPS) is 39.0. The average Bonchev–Trinajstić information content (AvgIpc) is 3.10. The molecule has 0 aromatic carbocycles. The molecule has 0 aliphatic heterocycles. The zero-order valence-electron chi connectivity index (χ0n) is 11.9. The first-order valence-corrected chi connectivity index (χ1v) is 7.74. The van der Waals surface area contributed by atoms with Gasteiger partial charge in [-0.2, -0.15) is 0 Å². The van der Waals surface area contributed by atoms with Gasteiger partial charge in [-0.3, -0.25) is 0 Å². The summed E-state index contributed by atoms with van der Waals surface area (Å²) >= 11 is 0. The largest absolute Gasteiger partial charge is 0.313 e. The van der Waals surface area contributed by atoms with E-state index >= 15 is 0 Å². The van der Waals surface area contributed by atoms with Gasteiger partial charge in [0.1, 0.15) is 0 Å². The van der Waals surface area contributed by atoms with Gasteiger partial charge >= 0.3 is 0 Å². The van der Waals surface area contributed by atoms with Crippen molar-refractivity contribution >= 4 is 0 Å². The summed E-state index contributed by atoms with van der Waals surface area (Å²) in [6.07, 6.45) is 10.3. The predicted molar refractivity (Wildman–Crippen MR) is 73.0 cm³/mol. The zero-order chi connectivity index (χ0) is 12.1. The smallest absolute Gasteiger partial charge is 0.00933 e. The standard InChI is InChI=1S/C16H29N/c1-12-10-15(2,3)7-6-14(12)17-11-16(8-9-16)13-4-5-13/h12-14,17H,4-11H2,1-3H3. The van der Waals surface area contributed by atoms with Crippen LogP contribution in [-0.4, -0.2) is 12.6 Å². The van der Waals surface area contributed by atoms with Crippen LogP contribution < -0.4 is 5.32 Å². The van der Waals surface area contributed by atoms with Crippen LogP contribution in [0.2, 0.25) is 0 Å². The van der Waals surface area contributed by atoms with Gasteiger partial charge in [0.15, 0.2) is 0 Å². The van der Waals surface area contributed by atoms with Crippen molar-refractivity contribution in [2.45, 2.75) is 71.8 Å². The van der Waals surface area contributed by atoms with Crippen molar-refractivity contribution in [1.82, 2.24) is 5.32 Å². The van der Waals surface area contributed by atoms with Gasteiger partial charge < -0.3 is 5.32 Å². The van der Waals surface area contributed by atoms with Crippen LogP contribution in [0.4, 0.5) is 0 Å². The van der Waals surface area contributed by atoms with E-state index in [4.69, 9.17) is 0 Å². The van der Waals surface area contributed by atoms with E-state index < -0.39 is 0 Å². The van der Waals surface area contributed by atoms with Gasteiger partial charge in [0, 0.05) is 12.6 Å². The Morgan fingerprint density at radius 1 is 1.06 bits per heavy atom. The monoisotopic (exact) mass is 235 g/mol. The third-order valence-electron chi connectivity index (χ3n) is 5.75. The lowest BCUT2D eigenvalue weighted by atomic mass is 9.70. The minimum atomic E-state index is 0.589. The molecular formula is C16H29N. The summed E-state index contributed by atoms with van der Waals surface area (Å²) in [6.45, 7) is 8.65. The summed E-state index contributed by atoms with van der Waals surface area (Å²) in [6, 6.07) is 0.805. The lowest BCUT2D eigenvalue weighted by Crippen LogP contribution is -2.44. The second kappa shape index (κ2) is 3.98. The van der Waals surface area contributed by atoms with Crippen molar-refractivity contribution in [2.75, 3.05) is 6.54 Å². The molecule has 0 saturated heterocycles. The van der Waals surface area contributed by atoms with Crippen LogP contribution in [0.1, 0.15) is 65.7 Å². The molecule has 0 radical (unpaired) electrons. The number of hydrogen-bond donors (Lipinski definition) is 1. The molecular weight excluding hydrogens is 206 g/mol. The van der Waals surface area contributed by atoms with Crippen LogP contribution in [0.15, 0.2) is 0 Å². The van der Waals surface area contributed by atoms with Crippen LogP contribution in [0.3, 0.4) is 0 Å². The van der Waals surface area contributed by atoms with Crippen molar-refractivity contribution in [3.05, 3.63) is 0 Å². The van der Waals surface area contributed by atoms with Gasteiger partial charge in [-0.15, -0.1) is 0 Å². The Hall–Kier alpha value is -0.0400. The minimum absolute atomic E-state index is 0.589. The summed E-state index contributed by atoms with van der Waals surface area (Å²) in [4.78, 5) is 0. The number of hydrogen-bond acceptors (Lipinski definition) is 1. The first-order chi connectivity index (χ1) is 8.01. The van der Waals surface area contributed by atoms with Crippen molar-refractivity contribution in [1.29, 1.82) is 0 Å². The lowest BCUT2D eigenvalue weighted by molar-refractivity contribution is 0.143. The summed E-state index contributed by atoms with van der Waals surface area (Å²) in [5.41, 5.74) is 1.36. The van der Waals surface area contributed by atoms with E-state index in [0.717, 1.165) is 23.3 Å². The van der Waals surface area contributed by atoms with Crippen molar-refractivity contribution in [2.24, 2.45) is 22.7 Å². The molecule has 98 valence electrons. The summed E-state index contributed by atoms with van der Waals surface area (Å²) in [5.74, 6) is 1.97. The maximum absolute atomic E-state index is 3.93. The molecule has 0 aromatic heterocycles. The highest BCUT2D eigenvalue weighted by atomic mass is 15.0. The molecule has 1 N–H and O–H groups in total. The van der Waals surface area contributed by atoms with Gasteiger partial charge in [0.2, 0.25) is 0 Å². The average molecular weight is 235 g/mol. The van der Waals surface area contributed by atoms with Crippen LogP contribution in [0.25, 0.3) is 0 Å². The van der Waals surface area contributed by atoms with Gasteiger partial charge in [0.05, 0.1) is 0 Å². The topological polar surface area (TPSA) is 12.0 Å². The minimum Gasteiger partial charge on any atom is -0.313 e. The van der Waals surface area contributed by atoms with E-state index in [1.165, 1.54) is 51.5 Å². The molecule has 3 aliphatic carbocycles. The molecule has 2 atom stereocenters. The fourth-order valence-electron chi connectivity index (χ4n) is 4.17. The molecule has 0 spiro atoms. The third-order valence-corrected chi connectivity index (χ3v) is 5.75. The van der Waals surface area contributed by atoms with E-state index in [-0.39, 0.29) is 0 Å². The fourth-order valence-corrected chi connectivity index (χ4v) is 4.17. The highest BCUT2D eigenvalue weighted by molar-refractivity contribution is 5.05. The highest BCUT2D eigenvalue weighted by Gasteiger charge is 2.53. The SMILES string of the molecule is CC1CC(C)(C)CCC1NCC1(C2CC2)CC1. The Bertz CT molecular complexity index is 286. The molecule has 3 aliphatic rings. The molecule has 1 nitrogen and oxygen atoms in total. The molecule has 2 unspecified atom stereocenters. The first kappa shape index (κ1) is 12.0. The maximum Gasteiger partial charge on any atom is 0.00933 e. The Morgan fingerprint density at radius 2 is 1.76 bits per heavy atom. The lowest BCUT2D eigenvalue weighted by Gasteiger charge is -2.40. The molecule has 3 fully saturated rings. The molecule has 0 bridgehead atoms. The molecule has 0 heterocycles. The van der Waals surface area contributed by atoms with Crippen molar-refractivity contribution in [3.8, 4) is 0 Å². The Balaban J connectivity index is 1.49. The maximum atomic E-state index is 3.93. The van der Waals surface area contributed by atoms with Gasteiger partial charge in [-0.1, -0.05) is 20.8 Å². The zero-order valence-corrected chi connectivity index (χ0v) is 11.9. The summed E-state index contributed by atoms with van der Waals surface area (Å²) in [7, 11) is 0. The number of nitrogens with one attached hydrogen (secondary N) is 1.